The zero-order chi connectivity index (χ0) is 19.1. The summed E-state index contributed by atoms with van der Waals surface area (Å²) in [7, 11) is 8.15. The van der Waals surface area contributed by atoms with E-state index in [1.165, 1.54) is 0 Å². The van der Waals surface area contributed by atoms with Crippen LogP contribution in [0.3, 0.4) is 0 Å². The van der Waals surface area contributed by atoms with Crippen molar-refractivity contribution in [2.24, 2.45) is 0 Å². The molecular formula is C21H22ClNO5. The minimum atomic E-state index is -0.389. The molecule has 4 rings (SSSR count). The zero-order valence-electron chi connectivity index (χ0n) is 16.4. The van der Waals surface area contributed by atoms with Crippen LogP contribution in [0.2, 0.25) is 0 Å². The average Bonchev–Trinajstić information content (AvgIpc) is 3.09. The first kappa shape index (κ1) is 20.0. The molecule has 0 spiro atoms. The van der Waals surface area contributed by atoms with Gasteiger partial charge in [-0.15, -0.1) is 12.4 Å². The second-order valence-corrected chi connectivity index (χ2v) is 6.20. The van der Waals surface area contributed by atoms with E-state index in [9.17, 15) is 0 Å². The van der Waals surface area contributed by atoms with Gasteiger partial charge in [0.1, 0.15) is 6.10 Å². The van der Waals surface area contributed by atoms with Crippen molar-refractivity contribution in [1.29, 1.82) is 0 Å². The molecule has 2 aliphatic carbocycles. The lowest BCUT2D eigenvalue weighted by molar-refractivity contribution is 0.0664. The minimum Gasteiger partial charge on any atom is -0.494 e. The summed E-state index contributed by atoms with van der Waals surface area (Å²) in [5.74, 6) is 2.61. The number of hydrogen-bond acceptors (Lipinski definition) is 6. The number of methoxy groups -OCH3 is 5. The van der Waals surface area contributed by atoms with Crippen LogP contribution >= 0.6 is 12.4 Å². The van der Waals surface area contributed by atoms with Gasteiger partial charge in [0, 0.05) is 29.7 Å². The number of nitrogens with zero attached hydrogens (tertiary/aromatic N) is 1. The van der Waals surface area contributed by atoms with Crippen molar-refractivity contribution in [2.75, 3.05) is 35.5 Å². The third-order valence-electron chi connectivity index (χ3n) is 5.01. The highest BCUT2D eigenvalue weighted by Gasteiger charge is 2.30. The highest BCUT2D eigenvalue weighted by molar-refractivity contribution is 5.85. The van der Waals surface area contributed by atoms with Crippen molar-refractivity contribution >= 4 is 24.6 Å². The molecule has 28 heavy (non-hydrogen) atoms. The van der Waals surface area contributed by atoms with Gasteiger partial charge in [0.25, 0.3) is 0 Å². The van der Waals surface area contributed by atoms with E-state index in [-0.39, 0.29) is 18.5 Å². The Morgan fingerprint density at radius 1 is 0.857 bits per heavy atom. The van der Waals surface area contributed by atoms with Gasteiger partial charge < -0.3 is 23.7 Å². The molecule has 0 bridgehead atoms. The van der Waals surface area contributed by atoms with Gasteiger partial charge in [0.2, 0.25) is 0 Å². The first-order valence-corrected chi connectivity index (χ1v) is 8.51. The molecule has 1 aromatic heterocycles. The molecule has 0 saturated heterocycles. The maximum Gasteiger partial charge on any atom is 0.171 e. The van der Waals surface area contributed by atoms with E-state index < -0.39 is 0 Å². The van der Waals surface area contributed by atoms with E-state index in [2.05, 4.69) is 6.08 Å². The fraction of sp³-hybridized carbons (Fsp3) is 0.286. The summed E-state index contributed by atoms with van der Waals surface area (Å²) >= 11 is 0. The fourth-order valence-corrected chi connectivity index (χ4v) is 3.84. The van der Waals surface area contributed by atoms with Gasteiger partial charge >= 0.3 is 0 Å². The lowest BCUT2D eigenvalue weighted by atomic mass is 9.95. The molecule has 7 heteroatoms. The molecule has 0 radical (unpaired) electrons. The quantitative estimate of drug-likeness (QED) is 0.649. The van der Waals surface area contributed by atoms with Crippen molar-refractivity contribution < 1.29 is 23.7 Å². The lowest BCUT2D eigenvalue weighted by Crippen LogP contribution is -2.25. The summed E-state index contributed by atoms with van der Waals surface area (Å²) in [5, 5.41) is 3.73. The van der Waals surface area contributed by atoms with Crippen molar-refractivity contribution in [3.8, 4) is 11.5 Å². The molecule has 0 fully saturated rings. The number of halogens is 1. The minimum absolute atomic E-state index is 0. The molecule has 0 amide bonds. The van der Waals surface area contributed by atoms with Crippen molar-refractivity contribution in [2.45, 2.75) is 6.10 Å². The number of hydrogen-bond donors (Lipinski definition) is 0. The van der Waals surface area contributed by atoms with Crippen LogP contribution in [0.15, 0.2) is 29.8 Å². The van der Waals surface area contributed by atoms with Gasteiger partial charge in [-0.25, -0.2) is 0 Å². The monoisotopic (exact) mass is 403 g/mol. The molecule has 0 saturated carbocycles. The Balaban J connectivity index is 0.00000225. The Labute approximate surface area is 168 Å². The van der Waals surface area contributed by atoms with Crippen LogP contribution < -0.4 is 19.9 Å². The molecular weight excluding hydrogens is 382 g/mol. The number of rotatable bonds is 5. The van der Waals surface area contributed by atoms with Gasteiger partial charge in [0.15, 0.2) is 23.0 Å². The topological polar surface area (TPSA) is 59.0 Å². The number of ether oxygens (including phenoxy) is 5. The van der Waals surface area contributed by atoms with Crippen molar-refractivity contribution in [3.63, 3.8) is 0 Å². The zero-order valence-corrected chi connectivity index (χ0v) is 17.2. The highest BCUT2D eigenvalue weighted by atomic mass is 35.5. The van der Waals surface area contributed by atoms with Gasteiger partial charge in [0.05, 0.1) is 39.0 Å². The maximum absolute atomic E-state index is 5.79. The Bertz CT molecular complexity index is 1170. The van der Waals surface area contributed by atoms with E-state index in [4.69, 9.17) is 28.7 Å². The Morgan fingerprint density at radius 3 is 2.25 bits per heavy atom. The van der Waals surface area contributed by atoms with Crippen LogP contribution in [0.25, 0.3) is 12.2 Å². The molecule has 6 nitrogen and oxygen atoms in total. The number of fused-ring (bicyclic) bond motifs is 4. The molecule has 1 atom stereocenters. The normalized spacial score (nSPS) is 16.0. The highest BCUT2D eigenvalue weighted by Crippen LogP contribution is 2.34. The molecule has 1 unspecified atom stereocenters. The standard InChI is InChI=1S/C21H21NO5.ClH/c1-23-14-7-6-11-8-13-16-12(10-22-18(13)17(11)19(14)25-3)9-15(24-2)20(26-4)21(16)27-5;/h6-10,21H,1-5H3;1H. The predicted molar refractivity (Wildman–Crippen MR) is 107 cm³/mol. The van der Waals surface area contributed by atoms with Crippen LogP contribution in [-0.2, 0) is 14.2 Å². The van der Waals surface area contributed by atoms with E-state index >= 15 is 0 Å². The number of allylic oxidation sites excluding steroid dienone is 1. The molecule has 0 N–H and O–H groups in total. The van der Waals surface area contributed by atoms with Gasteiger partial charge in [-0.05, 0) is 23.4 Å². The molecule has 2 aliphatic rings. The van der Waals surface area contributed by atoms with Gasteiger partial charge in [-0.3, -0.25) is 4.98 Å². The first-order chi connectivity index (χ1) is 13.2. The van der Waals surface area contributed by atoms with Crippen LogP contribution in [0.5, 0.6) is 11.5 Å². The predicted octanol–water partition coefficient (Wildman–Crippen LogP) is 1.94. The Hall–Kier alpha value is -2.70. The second kappa shape index (κ2) is 7.73. The smallest absolute Gasteiger partial charge is 0.171 e. The van der Waals surface area contributed by atoms with E-state index in [1.807, 2.05) is 24.4 Å². The fourth-order valence-electron chi connectivity index (χ4n) is 3.84. The Morgan fingerprint density at radius 2 is 1.64 bits per heavy atom. The van der Waals surface area contributed by atoms with Gasteiger partial charge in [-0.1, -0.05) is 6.07 Å². The largest absolute Gasteiger partial charge is 0.494 e. The van der Waals surface area contributed by atoms with E-state index in [0.29, 0.717) is 23.0 Å². The molecule has 2 aromatic rings. The average molecular weight is 404 g/mol. The van der Waals surface area contributed by atoms with Crippen molar-refractivity contribution in [3.05, 3.63) is 62.0 Å². The lowest BCUT2D eigenvalue weighted by Gasteiger charge is -2.25. The summed E-state index contributed by atoms with van der Waals surface area (Å²) in [6.45, 7) is 0. The first-order valence-electron chi connectivity index (χ1n) is 8.51. The van der Waals surface area contributed by atoms with E-state index in [0.717, 1.165) is 32.1 Å². The third kappa shape index (κ3) is 2.72. The van der Waals surface area contributed by atoms with E-state index in [1.54, 1.807) is 35.5 Å². The molecule has 148 valence electrons. The number of pyridine rings is 1. The van der Waals surface area contributed by atoms with Crippen molar-refractivity contribution in [1.82, 2.24) is 4.98 Å². The van der Waals surface area contributed by atoms with Gasteiger partial charge in [-0.2, -0.15) is 0 Å². The number of aromatic nitrogens is 1. The SMILES string of the molecule is COC1=C(OC)C(OC)c2c3c(ncc2=C1)=c1c(OC)c(OC)ccc1=C3.Cl. The molecule has 0 aliphatic heterocycles. The maximum atomic E-state index is 5.79. The summed E-state index contributed by atoms with van der Waals surface area (Å²) in [5.41, 5.74) is 1.99. The van der Waals surface area contributed by atoms with Crippen LogP contribution in [0.1, 0.15) is 17.2 Å². The second-order valence-electron chi connectivity index (χ2n) is 6.20. The third-order valence-corrected chi connectivity index (χ3v) is 5.01. The summed E-state index contributed by atoms with van der Waals surface area (Å²) in [6, 6.07) is 3.91. The van der Waals surface area contributed by atoms with Crippen LogP contribution in [0.4, 0.5) is 0 Å². The molecule has 1 heterocycles. The Kier molecular flexibility index (Phi) is 5.54. The van der Waals surface area contributed by atoms with Crippen LogP contribution in [-0.4, -0.2) is 40.5 Å². The number of benzene rings is 1. The summed E-state index contributed by atoms with van der Waals surface area (Å²) in [6.07, 6.45) is 5.46. The summed E-state index contributed by atoms with van der Waals surface area (Å²) < 4.78 is 27.9. The molecule has 1 aromatic carbocycles. The van der Waals surface area contributed by atoms with Crippen LogP contribution in [0, 0.1) is 10.6 Å². The summed E-state index contributed by atoms with van der Waals surface area (Å²) in [4.78, 5) is 4.71.